The van der Waals surface area contributed by atoms with Gasteiger partial charge in [0.05, 0.1) is 35.5 Å². The molecule has 12 nitrogen and oxygen atoms in total. The Hall–Kier alpha value is -4.68. The van der Waals surface area contributed by atoms with Gasteiger partial charge in [-0.3, -0.25) is 9.59 Å². The van der Waals surface area contributed by atoms with Gasteiger partial charge in [-0.15, -0.1) is 0 Å². The van der Waals surface area contributed by atoms with Crippen LogP contribution in [0.25, 0.3) is 16.6 Å². The van der Waals surface area contributed by atoms with E-state index in [1.54, 1.807) is 4.68 Å². The fourth-order valence-corrected chi connectivity index (χ4v) is 4.02. The van der Waals surface area contributed by atoms with Crippen LogP contribution in [-0.4, -0.2) is 86.0 Å². The maximum Gasteiger partial charge on any atom is 0.358 e. The molecule has 1 amide bonds. The Labute approximate surface area is 197 Å². The Kier molecular flexibility index (Phi) is 5.65. The summed E-state index contributed by atoms with van der Waals surface area (Å²) in [5.74, 6) is -2.77. The highest BCUT2D eigenvalue weighted by Crippen LogP contribution is 2.25. The molecule has 3 aromatic heterocycles. The van der Waals surface area contributed by atoms with Crippen LogP contribution in [0.4, 0.5) is 10.3 Å². The number of H-pyrrole nitrogens is 1. The number of anilines is 1. The van der Waals surface area contributed by atoms with Gasteiger partial charge >= 0.3 is 5.97 Å². The number of hydrogen-bond donors (Lipinski definition) is 1. The first-order chi connectivity index (χ1) is 17.0. The normalized spacial score (nSPS) is 13.8. The van der Waals surface area contributed by atoms with Gasteiger partial charge in [0.25, 0.3) is 11.7 Å². The highest BCUT2D eigenvalue weighted by atomic mass is 19.1. The van der Waals surface area contributed by atoms with Crippen LogP contribution in [0, 0.1) is 5.82 Å². The molecule has 35 heavy (non-hydrogen) atoms. The molecule has 178 valence electrons. The molecule has 13 heteroatoms. The molecule has 5 rings (SSSR count). The van der Waals surface area contributed by atoms with E-state index in [2.05, 4.69) is 30.2 Å². The number of pyridine rings is 1. The van der Waals surface area contributed by atoms with Crippen LogP contribution < -0.4 is 4.90 Å². The van der Waals surface area contributed by atoms with Gasteiger partial charge in [0.1, 0.15) is 0 Å². The zero-order valence-electron chi connectivity index (χ0n) is 18.5. The third kappa shape index (κ3) is 3.86. The second-order valence-electron chi connectivity index (χ2n) is 7.73. The minimum Gasteiger partial charge on any atom is -0.464 e. The molecule has 0 saturated carbocycles. The summed E-state index contributed by atoms with van der Waals surface area (Å²) in [5.41, 5.74) is 0.430. The molecule has 0 aliphatic carbocycles. The minimum atomic E-state index is -0.889. The van der Waals surface area contributed by atoms with E-state index in [0.29, 0.717) is 19.0 Å². The molecule has 1 aromatic carbocycles. The van der Waals surface area contributed by atoms with Gasteiger partial charge in [0.15, 0.2) is 11.5 Å². The largest absolute Gasteiger partial charge is 0.464 e. The number of Topliss-reactive ketones (excluding diaryl/α,β-unsaturated/α-hetero) is 1. The second-order valence-corrected chi connectivity index (χ2v) is 7.73. The van der Waals surface area contributed by atoms with Crippen molar-refractivity contribution in [3.05, 3.63) is 59.8 Å². The summed E-state index contributed by atoms with van der Waals surface area (Å²) in [4.78, 5) is 47.6. The number of methoxy groups -OCH3 is 1. The van der Waals surface area contributed by atoms with Gasteiger partial charge in [-0.2, -0.15) is 4.68 Å². The molecule has 1 N–H and O–H groups in total. The van der Waals surface area contributed by atoms with Crippen LogP contribution in [-0.2, 0) is 9.53 Å². The third-order valence-electron chi connectivity index (χ3n) is 5.78. The number of fused-ring (bicyclic) bond motifs is 1. The number of nitrogens with zero attached hydrogens (tertiary/aromatic N) is 7. The maximum absolute atomic E-state index is 14.5. The molecule has 1 fully saturated rings. The van der Waals surface area contributed by atoms with Gasteiger partial charge in [-0.25, -0.2) is 14.2 Å². The number of tetrazole rings is 1. The number of piperazine rings is 1. The number of esters is 1. The molecule has 0 atom stereocenters. The number of amides is 1. The summed E-state index contributed by atoms with van der Waals surface area (Å²) >= 11 is 0. The molecule has 0 radical (unpaired) electrons. The van der Waals surface area contributed by atoms with E-state index in [4.69, 9.17) is 0 Å². The summed E-state index contributed by atoms with van der Waals surface area (Å²) in [6.07, 6.45) is 2.02. The van der Waals surface area contributed by atoms with E-state index >= 15 is 0 Å². The number of aromatic amines is 1. The molecule has 0 spiro atoms. The maximum atomic E-state index is 14.5. The number of carbonyl (C=O) groups excluding carboxylic acids is 3. The van der Waals surface area contributed by atoms with Crippen molar-refractivity contribution in [3.63, 3.8) is 0 Å². The van der Waals surface area contributed by atoms with E-state index in [1.807, 2.05) is 35.2 Å². The van der Waals surface area contributed by atoms with Crippen molar-refractivity contribution < 1.29 is 23.5 Å². The Morgan fingerprint density at radius 1 is 1.09 bits per heavy atom. The number of ether oxygens (including phenoxy) is 1. The highest BCUT2D eigenvalue weighted by molar-refractivity contribution is 6.45. The Morgan fingerprint density at radius 2 is 1.83 bits per heavy atom. The first-order valence-corrected chi connectivity index (χ1v) is 10.7. The number of para-hydroxylation sites is 1. The van der Waals surface area contributed by atoms with Crippen molar-refractivity contribution in [2.45, 2.75) is 0 Å². The second kappa shape index (κ2) is 8.93. The van der Waals surface area contributed by atoms with Gasteiger partial charge in [0.2, 0.25) is 5.95 Å². The Morgan fingerprint density at radius 3 is 2.54 bits per heavy atom. The smallest absolute Gasteiger partial charge is 0.358 e. The first-order valence-electron chi connectivity index (χ1n) is 10.7. The summed E-state index contributed by atoms with van der Waals surface area (Å²) in [7, 11) is 1.16. The summed E-state index contributed by atoms with van der Waals surface area (Å²) in [6, 6.07) is 9.39. The monoisotopic (exact) mass is 478 g/mol. The lowest BCUT2D eigenvalue weighted by Crippen LogP contribution is -2.51. The van der Waals surface area contributed by atoms with Crippen molar-refractivity contribution in [1.29, 1.82) is 0 Å². The van der Waals surface area contributed by atoms with E-state index in [1.165, 1.54) is 11.1 Å². The van der Waals surface area contributed by atoms with Crippen molar-refractivity contribution in [3.8, 4) is 5.69 Å². The summed E-state index contributed by atoms with van der Waals surface area (Å²) in [5, 5.41) is 11.7. The van der Waals surface area contributed by atoms with E-state index in [9.17, 15) is 18.8 Å². The third-order valence-corrected chi connectivity index (χ3v) is 5.78. The molecule has 1 aliphatic rings. The van der Waals surface area contributed by atoms with Crippen molar-refractivity contribution in [1.82, 2.24) is 35.1 Å². The first kappa shape index (κ1) is 22.1. The fraction of sp³-hybridized carbons (Fsp3) is 0.227. The van der Waals surface area contributed by atoms with Crippen molar-refractivity contribution in [2.24, 2.45) is 0 Å². The SMILES string of the molecule is COC(=O)c1ncc(F)c2c(C(=O)C(=O)N3CCN(c4nnnn4-c4ccccc4)CC3)c[nH]c12. The number of halogens is 1. The molecular formula is C22H19FN8O4. The number of nitrogens with one attached hydrogen (secondary N) is 1. The molecular weight excluding hydrogens is 459 g/mol. The number of ketones is 1. The number of benzene rings is 1. The molecule has 4 aromatic rings. The number of hydrogen-bond acceptors (Lipinski definition) is 9. The van der Waals surface area contributed by atoms with Gasteiger partial charge in [-0.05, 0) is 22.6 Å². The van der Waals surface area contributed by atoms with Crippen LogP contribution in [0.2, 0.25) is 0 Å². The number of aromatic nitrogens is 6. The molecule has 0 bridgehead atoms. The predicted molar refractivity (Wildman–Crippen MR) is 120 cm³/mol. The predicted octanol–water partition coefficient (Wildman–Crippen LogP) is 0.996. The summed E-state index contributed by atoms with van der Waals surface area (Å²) in [6.45, 7) is 1.27. The van der Waals surface area contributed by atoms with Gasteiger partial charge < -0.3 is 19.5 Å². The van der Waals surface area contributed by atoms with E-state index in [-0.39, 0.29) is 35.2 Å². The van der Waals surface area contributed by atoms with Crippen LogP contribution in [0.5, 0.6) is 0 Å². The van der Waals surface area contributed by atoms with Gasteiger partial charge in [-0.1, -0.05) is 23.3 Å². The summed E-state index contributed by atoms with van der Waals surface area (Å²) < 4.78 is 20.8. The molecule has 1 saturated heterocycles. The fourth-order valence-electron chi connectivity index (χ4n) is 4.02. The van der Waals surface area contributed by atoms with Gasteiger partial charge in [0, 0.05) is 32.4 Å². The van der Waals surface area contributed by atoms with Crippen molar-refractivity contribution in [2.75, 3.05) is 38.2 Å². The average molecular weight is 478 g/mol. The molecule has 1 aliphatic heterocycles. The van der Waals surface area contributed by atoms with E-state index in [0.717, 1.165) is 19.0 Å². The zero-order chi connectivity index (χ0) is 24.5. The number of carbonyl (C=O) groups is 3. The lowest BCUT2D eigenvalue weighted by Gasteiger charge is -2.34. The Bertz CT molecular complexity index is 1430. The van der Waals surface area contributed by atoms with E-state index < -0.39 is 23.5 Å². The van der Waals surface area contributed by atoms with Crippen molar-refractivity contribution >= 4 is 34.5 Å². The molecule has 4 heterocycles. The lowest BCUT2D eigenvalue weighted by atomic mass is 10.1. The standard InChI is InChI=1S/C22H19FN8O4/c1-35-21(34)18-17-16(15(23)12-25-18)14(11-24-17)19(32)20(33)29-7-9-30(10-8-29)22-26-27-28-31(22)13-5-3-2-4-6-13/h2-6,11-12,24H,7-10H2,1H3. The number of rotatable bonds is 5. The molecule has 0 unspecified atom stereocenters. The topological polar surface area (TPSA) is 139 Å². The minimum absolute atomic E-state index is 0.00873. The van der Waals surface area contributed by atoms with Crippen LogP contribution in [0.3, 0.4) is 0 Å². The van der Waals surface area contributed by atoms with Crippen LogP contribution in [0.1, 0.15) is 20.8 Å². The highest BCUT2D eigenvalue weighted by Gasteiger charge is 2.31. The van der Waals surface area contributed by atoms with Crippen LogP contribution in [0.15, 0.2) is 42.7 Å². The van der Waals surface area contributed by atoms with Crippen LogP contribution >= 0.6 is 0 Å². The quantitative estimate of drug-likeness (QED) is 0.253. The average Bonchev–Trinajstić information content (AvgIpc) is 3.57. The Balaban J connectivity index is 1.33. The zero-order valence-corrected chi connectivity index (χ0v) is 18.5. The lowest BCUT2D eigenvalue weighted by molar-refractivity contribution is -0.126.